The van der Waals surface area contributed by atoms with Crippen LogP contribution in [0.1, 0.15) is 11.1 Å². The number of benzene rings is 5. The molecule has 0 nitrogen and oxygen atoms in total. The van der Waals surface area contributed by atoms with Crippen LogP contribution in [0.15, 0.2) is 140 Å². The first-order valence-electron chi connectivity index (χ1n) is 11.1. The normalized spacial score (nSPS) is 11.2. The molecule has 5 aromatic rings. The van der Waals surface area contributed by atoms with Crippen molar-refractivity contribution in [2.24, 2.45) is 0 Å². The maximum atomic E-state index is 6.33. The molecule has 0 fully saturated rings. The van der Waals surface area contributed by atoms with Gasteiger partial charge >= 0.3 is 0 Å². The fourth-order valence-corrected chi connectivity index (χ4v) is 9.41. The second kappa shape index (κ2) is 10.1. The summed E-state index contributed by atoms with van der Waals surface area (Å²) in [5.74, 6) is 0. The van der Waals surface area contributed by atoms with Crippen LogP contribution in [0.4, 0.5) is 0 Å². The molecule has 0 bridgehead atoms. The van der Waals surface area contributed by atoms with E-state index in [4.69, 9.17) is 23.2 Å². The first-order chi connectivity index (χ1) is 16.7. The Morgan fingerprint density at radius 1 is 0.382 bits per heavy atom. The third kappa shape index (κ3) is 4.26. The third-order valence-electron chi connectivity index (χ3n) is 6.00. The van der Waals surface area contributed by atoms with Crippen molar-refractivity contribution >= 4 is 51.3 Å². The Balaban J connectivity index is 2.08. The van der Waals surface area contributed by atoms with Gasteiger partial charge in [0.2, 0.25) is 0 Å². The zero-order valence-corrected chi connectivity index (χ0v) is 20.9. The van der Waals surface area contributed by atoms with E-state index >= 15 is 0 Å². The molecule has 5 aromatic carbocycles. The zero-order chi connectivity index (χ0) is 23.4. The van der Waals surface area contributed by atoms with Gasteiger partial charge in [-0.15, -0.1) is 0 Å². The first-order valence-corrected chi connectivity index (χ1v) is 13.7. The van der Waals surface area contributed by atoms with Crippen LogP contribution in [0.3, 0.4) is 0 Å². The Morgan fingerprint density at radius 2 is 0.676 bits per heavy atom. The van der Waals surface area contributed by atoms with E-state index in [0.717, 1.165) is 21.2 Å². The molecule has 34 heavy (non-hydrogen) atoms. The monoisotopic (exact) mass is 496 g/mol. The maximum Gasteiger partial charge on any atom is 0.0406 e. The summed E-state index contributed by atoms with van der Waals surface area (Å²) in [7, 11) is 0. The van der Waals surface area contributed by atoms with Crippen molar-refractivity contribution < 1.29 is 0 Å². The molecule has 166 valence electrons. The molecule has 0 aromatic heterocycles. The Hall–Kier alpha value is -3.02. The van der Waals surface area contributed by atoms with E-state index in [-0.39, 0.29) is 0 Å². The molecular weight excluding hydrogens is 474 g/mol. The Labute approximate surface area is 211 Å². The van der Waals surface area contributed by atoms with Crippen LogP contribution in [0.2, 0.25) is 10.0 Å². The highest BCUT2D eigenvalue weighted by Crippen LogP contribution is 2.49. The summed E-state index contributed by atoms with van der Waals surface area (Å²) in [6.45, 7) is -2.31. The minimum absolute atomic E-state index is 0.724. The van der Waals surface area contributed by atoms with Gasteiger partial charge in [0, 0.05) is 10.0 Å². The van der Waals surface area contributed by atoms with E-state index in [9.17, 15) is 0 Å². The molecule has 0 atom stereocenters. The summed E-state index contributed by atoms with van der Waals surface area (Å²) in [5, 5.41) is 6.63. The topological polar surface area (TPSA) is 0 Å². The molecule has 0 saturated carbocycles. The summed E-state index contributed by atoms with van der Waals surface area (Å²) in [4.78, 5) is 0. The predicted molar refractivity (Wildman–Crippen MR) is 151 cm³/mol. The highest BCUT2D eigenvalue weighted by Gasteiger charge is 2.31. The first kappa shape index (κ1) is 22.8. The molecule has 0 aliphatic rings. The van der Waals surface area contributed by atoms with Crippen LogP contribution >= 0.6 is 30.1 Å². The van der Waals surface area contributed by atoms with Gasteiger partial charge in [0.05, 0.1) is 0 Å². The van der Waals surface area contributed by atoms with Crippen LogP contribution < -0.4 is 15.9 Å². The summed E-state index contributed by atoms with van der Waals surface area (Å²) >= 11 is 12.7. The Morgan fingerprint density at radius 3 is 0.971 bits per heavy atom. The summed E-state index contributed by atoms with van der Waals surface area (Å²) in [6.07, 6.45) is 0. The van der Waals surface area contributed by atoms with Crippen molar-refractivity contribution in [1.82, 2.24) is 0 Å². The lowest BCUT2D eigenvalue weighted by Crippen LogP contribution is -2.31. The zero-order valence-electron chi connectivity index (χ0n) is 18.5. The molecule has 0 unspecified atom stereocenters. The van der Waals surface area contributed by atoms with Gasteiger partial charge in [0.15, 0.2) is 0 Å². The summed E-state index contributed by atoms with van der Waals surface area (Å²) in [6, 6.07) is 49.1. The van der Waals surface area contributed by atoms with Gasteiger partial charge in [-0.05, 0) is 63.5 Å². The SMILES string of the molecule is Clc1ccc(C(c2ccc(Cl)cc2)=P(c2ccccc2)(c2ccccc2)c2ccccc2)cc1. The minimum atomic E-state index is -2.31. The molecule has 0 N–H and O–H groups in total. The minimum Gasteiger partial charge on any atom is -0.0843 e. The molecule has 0 amide bonds. The van der Waals surface area contributed by atoms with Crippen LogP contribution in [-0.2, 0) is 0 Å². The van der Waals surface area contributed by atoms with Crippen molar-refractivity contribution in [1.29, 1.82) is 0 Å². The largest absolute Gasteiger partial charge is 0.0843 e. The number of rotatable bonds is 5. The van der Waals surface area contributed by atoms with Crippen LogP contribution in [0.5, 0.6) is 0 Å². The van der Waals surface area contributed by atoms with E-state index in [2.05, 4.69) is 115 Å². The van der Waals surface area contributed by atoms with E-state index in [1.54, 1.807) is 0 Å². The molecule has 5 rings (SSSR count). The van der Waals surface area contributed by atoms with Gasteiger partial charge in [-0.1, -0.05) is 138 Å². The fourth-order valence-electron chi connectivity index (χ4n) is 4.56. The molecule has 0 aliphatic heterocycles. The van der Waals surface area contributed by atoms with Gasteiger partial charge < -0.3 is 0 Å². The number of hydrogen-bond donors (Lipinski definition) is 0. The molecule has 0 heterocycles. The smallest absolute Gasteiger partial charge is 0.0406 e. The maximum absolute atomic E-state index is 6.33. The van der Waals surface area contributed by atoms with E-state index in [0.29, 0.717) is 0 Å². The quantitative estimate of drug-likeness (QED) is 0.220. The summed E-state index contributed by atoms with van der Waals surface area (Å²) < 4.78 is 0. The van der Waals surface area contributed by atoms with E-state index in [1.807, 2.05) is 24.3 Å². The Bertz CT molecular complexity index is 1270. The molecule has 0 aliphatic carbocycles. The standard InChI is InChI=1S/C31H23Cl2P/c32-26-20-16-24(17-21-26)31(25-18-22-27(33)23-19-25)34(28-10-4-1-5-11-28,29-12-6-2-7-13-29)30-14-8-3-9-15-30/h1-23H. The number of hydrogen-bond acceptors (Lipinski definition) is 0. The highest BCUT2D eigenvalue weighted by molar-refractivity contribution is 7.96. The van der Waals surface area contributed by atoms with Crippen LogP contribution in [-0.4, -0.2) is 5.29 Å². The predicted octanol–water partition coefficient (Wildman–Crippen LogP) is 7.56. The molecular formula is C31H23Cl2P. The van der Waals surface area contributed by atoms with Crippen molar-refractivity contribution in [2.75, 3.05) is 0 Å². The van der Waals surface area contributed by atoms with Crippen molar-refractivity contribution in [3.63, 3.8) is 0 Å². The van der Waals surface area contributed by atoms with E-state index in [1.165, 1.54) is 21.2 Å². The third-order valence-corrected chi connectivity index (χ3v) is 10.9. The molecule has 0 spiro atoms. The lowest BCUT2D eigenvalue weighted by Gasteiger charge is -2.33. The average Bonchev–Trinajstić information content (AvgIpc) is 2.90. The van der Waals surface area contributed by atoms with Gasteiger partial charge in [-0.2, -0.15) is 0 Å². The van der Waals surface area contributed by atoms with Crippen LogP contribution in [0.25, 0.3) is 0 Å². The fraction of sp³-hybridized carbons (Fsp3) is 0. The van der Waals surface area contributed by atoms with Crippen molar-refractivity contribution in [3.8, 4) is 0 Å². The summed E-state index contributed by atoms with van der Waals surface area (Å²) in [5.41, 5.74) is 2.30. The second-order valence-corrected chi connectivity index (χ2v) is 12.3. The van der Waals surface area contributed by atoms with Crippen LogP contribution in [0, 0.1) is 0 Å². The van der Waals surface area contributed by atoms with Gasteiger partial charge in [-0.3, -0.25) is 0 Å². The van der Waals surface area contributed by atoms with Gasteiger partial charge in [0.1, 0.15) is 0 Å². The molecule has 0 saturated heterocycles. The van der Waals surface area contributed by atoms with E-state index < -0.39 is 6.89 Å². The Kier molecular flexibility index (Phi) is 6.75. The lowest BCUT2D eigenvalue weighted by atomic mass is 10.1. The average molecular weight is 497 g/mol. The molecule has 0 radical (unpaired) electrons. The number of halogens is 2. The van der Waals surface area contributed by atoms with Gasteiger partial charge in [-0.25, -0.2) is 0 Å². The highest BCUT2D eigenvalue weighted by atomic mass is 35.5. The molecule has 3 heteroatoms. The van der Waals surface area contributed by atoms with Crippen molar-refractivity contribution in [2.45, 2.75) is 0 Å². The second-order valence-electron chi connectivity index (χ2n) is 8.04. The van der Waals surface area contributed by atoms with Crippen molar-refractivity contribution in [3.05, 3.63) is 161 Å². The lowest BCUT2D eigenvalue weighted by molar-refractivity contribution is 1.61. The van der Waals surface area contributed by atoms with Gasteiger partial charge in [0.25, 0.3) is 0 Å².